The van der Waals surface area contributed by atoms with Crippen molar-refractivity contribution in [3.05, 3.63) is 71.8 Å². The molecule has 4 nitrogen and oxygen atoms in total. The molecule has 0 amide bonds. The summed E-state index contributed by atoms with van der Waals surface area (Å²) in [5.74, 6) is -1.28. The lowest BCUT2D eigenvalue weighted by Gasteiger charge is -2.24. The van der Waals surface area contributed by atoms with Crippen LogP contribution in [0.3, 0.4) is 0 Å². The van der Waals surface area contributed by atoms with Crippen molar-refractivity contribution >= 4 is 5.97 Å². The van der Waals surface area contributed by atoms with Crippen LogP contribution in [0.15, 0.2) is 60.7 Å². The van der Waals surface area contributed by atoms with Crippen molar-refractivity contribution in [3.63, 3.8) is 0 Å². The van der Waals surface area contributed by atoms with Crippen molar-refractivity contribution in [2.45, 2.75) is 24.9 Å². The molecule has 1 aliphatic rings. The number of carbonyl (C=O) groups is 1. The van der Waals surface area contributed by atoms with E-state index in [0.29, 0.717) is 11.1 Å². The van der Waals surface area contributed by atoms with Crippen molar-refractivity contribution in [1.29, 1.82) is 0 Å². The fourth-order valence-corrected chi connectivity index (χ4v) is 2.82. The van der Waals surface area contributed by atoms with Crippen LogP contribution in [-0.2, 0) is 10.4 Å². The summed E-state index contributed by atoms with van der Waals surface area (Å²) in [5, 5.41) is 19.7. The predicted octanol–water partition coefficient (Wildman–Crippen LogP) is 3.11. The molecule has 4 heteroatoms. The second-order valence-electron chi connectivity index (χ2n) is 6.11. The van der Waals surface area contributed by atoms with E-state index in [9.17, 15) is 15.0 Å². The Hall–Kier alpha value is -2.17. The summed E-state index contributed by atoms with van der Waals surface area (Å²) >= 11 is 0. The lowest BCUT2D eigenvalue weighted by Crippen LogP contribution is -2.36. The second kappa shape index (κ2) is 8.62. The average Bonchev–Trinajstić information content (AvgIpc) is 2.63. The maximum absolute atomic E-state index is 11.4. The van der Waals surface area contributed by atoms with Gasteiger partial charge in [0, 0.05) is 0 Å². The van der Waals surface area contributed by atoms with Crippen molar-refractivity contribution in [2.24, 2.45) is 0 Å². The molecular formula is C20H25NO3. The molecule has 0 radical (unpaired) electrons. The normalized spacial score (nSPS) is 15.2. The molecule has 0 saturated carbocycles. The van der Waals surface area contributed by atoms with Gasteiger partial charge in [-0.05, 0) is 44.1 Å². The molecule has 0 aromatic heterocycles. The lowest BCUT2D eigenvalue weighted by atomic mass is 9.86. The summed E-state index contributed by atoms with van der Waals surface area (Å²) in [6.45, 7) is 2.64. The molecule has 3 rings (SSSR count). The molecule has 24 heavy (non-hydrogen) atoms. The molecule has 128 valence electrons. The van der Waals surface area contributed by atoms with Gasteiger partial charge >= 0.3 is 5.97 Å². The molecule has 0 aliphatic carbocycles. The van der Waals surface area contributed by atoms with E-state index in [1.165, 1.54) is 32.4 Å². The number of hydrogen-bond acceptors (Lipinski definition) is 3. The van der Waals surface area contributed by atoms with Gasteiger partial charge in [0.2, 0.25) is 5.60 Å². The Balaban J connectivity index is 0.000000249. The third-order valence-corrected chi connectivity index (χ3v) is 4.27. The van der Waals surface area contributed by atoms with E-state index >= 15 is 0 Å². The smallest absolute Gasteiger partial charge is 0.345 e. The second-order valence-corrected chi connectivity index (χ2v) is 6.11. The number of rotatable bonds is 3. The Morgan fingerprint density at radius 1 is 0.875 bits per heavy atom. The Labute approximate surface area is 143 Å². The monoisotopic (exact) mass is 327 g/mol. The fourth-order valence-electron chi connectivity index (χ4n) is 2.82. The fraction of sp³-hybridized carbons (Fsp3) is 0.350. The molecule has 0 bridgehead atoms. The van der Waals surface area contributed by atoms with Crippen molar-refractivity contribution in [1.82, 2.24) is 4.90 Å². The molecular weight excluding hydrogens is 302 g/mol. The topological polar surface area (TPSA) is 60.8 Å². The van der Waals surface area contributed by atoms with Crippen LogP contribution in [0.4, 0.5) is 0 Å². The molecule has 2 aromatic rings. The number of nitrogens with zero attached hydrogens (tertiary/aromatic N) is 1. The minimum atomic E-state index is -2.00. The lowest BCUT2D eigenvalue weighted by molar-refractivity contribution is -0.155. The number of aliphatic hydroxyl groups is 1. The highest BCUT2D eigenvalue weighted by Crippen LogP contribution is 2.29. The van der Waals surface area contributed by atoms with Crippen molar-refractivity contribution < 1.29 is 15.0 Å². The van der Waals surface area contributed by atoms with Gasteiger partial charge in [0.25, 0.3) is 0 Å². The van der Waals surface area contributed by atoms with Gasteiger partial charge in [-0.3, -0.25) is 0 Å². The van der Waals surface area contributed by atoms with E-state index in [0.717, 1.165) is 0 Å². The van der Waals surface area contributed by atoms with Gasteiger partial charge in [-0.25, -0.2) is 4.79 Å². The number of hydrogen-bond donors (Lipinski definition) is 2. The molecule has 1 aliphatic heterocycles. The third kappa shape index (κ3) is 4.43. The highest BCUT2D eigenvalue weighted by molar-refractivity contribution is 5.83. The van der Waals surface area contributed by atoms with Gasteiger partial charge in [0.15, 0.2) is 0 Å². The highest BCUT2D eigenvalue weighted by atomic mass is 16.4. The van der Waals surface area contributed by atoms with Gasteiger partial charge < -0.3 is 15.1 Å². The Morgan fingerprint density at radius 2 is 1.29 bits per heavy atom. The SMILES string of the molecule is CN1CCCCC1.O=C(O)C(O)(c1ccccc1)c1ccccc1. The number of carboxylic acid groups (broad SMARTS) is 1. The molecule has 1 heterocycles. The number of likely N-dealkylation sites (tertiary alicyclic amines) is 1. The Kier molecular flexibility index (Phi) is 6.53. The summed E-state index contributed by atoms with van der Waals surface area (Å²) in [6.07, 6.45) is 4.28. The number of piperidine rings is 1. The van der Waals surface area contributed by atoms with E-state index in [1.807, 2.05) is 0 Å². The first-order valence-corrected chi connectivity index (χ1v) is 8.30. The Morgan fingerprint density at radius 3 is 1.58 bits per heavy atom. The van der Waals surface area contributed by atoms with Gasteiger partial charge in [-0.2, -0.15) is 0 Å². The van der Waals surface area contributed by atoms with Gasteiger partial charge in [-0.15, -0.1) is 0 Å². The van der Waals surface area contributed by atoms with E-state index in [1.54, 1.807) is 60.7 Å². The van der Waals surface area contributed by atoms with Crippen LogP contribution in [0.25, 0.3) is 0 Å². The van der Waals surface area contributed by atoms with Crippen LogP contribution in [0, 0.1) is 0 Å². The van der Waals surface area contributed by atoms with Crippen LogP contribution in [0.2, 0.25) is 0 Å². The standard InChI is InChI=1S/C14H12O3.C6H13N/c15-13(16)14(17,11-7-3-1-4-8-11)12-9-5-2-6-10-12;1-7-5-3-2-4-6-7/h1-10,17H,(H,15,16);2-6H2,1H3. The molecule has 2 N–H and O–H groups in total. The van der Waals surface area contributed by atoms with E-state index in [4.69, 9.17) is 0 Å². The zero-order valence-corrected chi connectivity index (χ0v) is 14.1. The van der Waals surface area contributed by atoms with Crippen LogP contribution in [-0.4, -0.2) is 41.2 Å². The minimum Gasteiger partial charge on any atom is -0.479 e. The third-order valence-electron chi connectivity index (χ3n) is 4.27. The molecule has 0 atom stereocenters. The van der Waals surface area contributed by atoms with Crippen LogP contribution in [0.1, 0.15) is 30.4 Å². The quantitative estimate of drug-likeness (QED) is 0.909. The number of carboxylic acids is 1. The number of aliphatic carboxylic acids is 1. The summed E-state index contributed by atoms with van der Waals surface area (Å²) in [4.78, 5) is 13.8. The zero-order valence-electron chi connectivity index (χ0n) is 14.1. The molecule has 0 unspecified atom stereocenters. The highest BCUT2D eigenvalue weighted by Gasteiger charge is 2.39. The minimum absolute atomic E-state index is 0.346. The van der Waals surface area contributed by atoms with Crippen LogP contribution < -0.4 is 0 Å². The predicted molar refractivity (Wildman–Crippen MR) is 94.9 cm³/mol. The largest absolute Gasteiger partial charge is 0.479 e. The zero-order chi connectivity index (χ0) is 17.4. The maximum atomic E-state index is 11.4. The Bertz CT molecular complexity index is 582. The van der Waals surface area contributed by atoms with E-state index < -0.39 is 11.6 Å². The first-order chi connectivity index (χ1) is 11.5. The molecule has 1 fully saturated rings. The van der Waals surface area contributed by atoms with Crippen molar-refractivity contribution in [3.8, 4) is 0 Å². The average molecular weight is 327 g/mol. The van der Waals surface area contributed by atoms with E-state index in [2.05, 4.69) is 11.9 Å². The van der Waals surface area contributed by atoms with Crippen molar-refractivity contribution in [2.75, 3.05) is 20.1 Å². The maximum Gasteiger partial charge on any atom is 0.345 e. The molecule has 0 spiro atoms. The summed E-state index contributed by atoms with van der Waals surface area (Å²) in [5.41, 5.74) is -1.31. The van der Waals surface area contributed by atoms with Gasteiger partial charge in [-0.1, -0.05) is 67.1 Å². The number of benzene rings is 2. The van der Waals surface area contributed by atoms with Crippen LogP contribution >= 0.6 is 0 Å². The summed E-state index contributed by atoms with van der Waals surface area (Å²) in [7, 11) is 2.19. The summed E-state index contributed by atoms with van der Waals surface area (Å²) < 4.78 is 0. The van der Waals surface area contributed by atoms with Gasteiger partial charge in [0.05, 0.1) is 0 Å². The van der Waals surface area contributed by atoms with Gasteiger partial charge in [0.1, 0.15) is 0 Å². The van der Waals surface area contributed by atoms with E-state index in [-0.39, 0.29) is 0 Å². The van der Waals surface area contributed by atoms with Crippen LogP contribution in [0.5, 0.6) is 0 Å². The first-order valence-electron chi connectivity index (χ1n) is 8.30. The summed E-state index contributed by atoms with van der Waals surface area (Å²) in [6, 6.07) is 16.7. The first kappa shape index (κ1) is 18.2. The molecule has 2 aromatic carbocycles. The molecule has 1 saturated heterocycles.